The van der Waals surface area contributed by atoms with Crippen molar-refractivity contribution in [2.45, 2.75) is 13.2 Å². The minimum absolute atomic E-state index is 0.596. The Bertz CT molecular complexity index is 732. The number of ether oxygens (including phenoxy) is 1. The number of hydrogen-bond acceptors (Lipinski definition) is 2. The van der Waals surface area contributed by atoms with Gasteiger partial charge in [0.2, 0.25) is 0 Å². The summed E-state index contributed by atoms with van der Waals surface area (Å²) in [6, 6.07) is 18.7. The highest BCUT2D eigenvalue weighted by atomic mass is 16.5. The first kappa shape index (κ1) is 14.7. The van der Waals surface area contributed by atoms with E-state index in [0.717, 1.165) is 18.8 Å². The van der Waals surface area contributed by atoms with E-state index in [4.69, 9.17) is 4.74 Å². The molecule has 3 nitrogen and oxygen atoms in total. The molecule has 0 saturated carbocycles. The molecule has 3 heteroatoms. The smallest absolute Gasteiger partial charge is 0.144 e. The van der Waals surface area contributed by atoms with Crippen molar-refractivity contribution >= 4 is 10.9 Å². The maximum atomic E-state index is 6.08. The molecule has 22 heavy (non-hydrogen) atoms. The van der Waals surface area contributed by atoms with Crippen molar-refractivity contribution in [2.75, 3.05) is 20.6 Å². The fourth-order valence-electron chi connectivity index (χ4n) is 2.57. The van der Waals surface area contributed by atoms with E-state index >= 15 is 0 Å². The number of benzene rings is 2. The topological polar surface area (TPSA) is 17.4 Å². The zero-order valence-electron chi connectivity index (χ0n) is 13.2. The van der Waals surface area contributed by atoms with E-state index < -0.39 is 0 Å². The molecule has 0 spiro atoms. The Morgan fingerprint density at radius 2 is 1.77 bits per heavy atom. The molecule has 0 amide bonds. The van der Waals surface area contributed by atoms with E-state index in [9.17, 15) is 0 Å². The third kappa shape index (κ3) is 3.31. The Morgan fingerprint density at radius 1 is 0.955 bits per heavy atom. The molecule has 114 valence electrons. The zero-order valence-corrected chi connectivity index (χ0v) is 13.2. The third-order valence-corrected chi connectivity index (χ3v) is 3.78. The summed E-state index contributed by atoms with van der Waals surface area (Å²) >= 11 is 0. The Hall–Kier alpha value is -2.26. The van der Waals surface area contributed by atoms with Gasteiger partial charge in [-0.2, -0.15) is 0 Å². The van der Waals surface area contributed by atoms with E-state index in [-0.39, 0.29) is 0 Å². The molecule has 0 saturated heterocycles. The molecule has 0 bridgehead atoms. The molecule has 0 aliphatic carbocycles. The lowest BCUT2D eigenvalue weighted by atomic mass is 10.2. The van der Waals surface area contributed by atoms with E-state index in [0.29, 0.717) is 6.61 Å². The average Bonchev–Trinajstić information content (AvgIpc) is 2.96. The Labute approximate surface area is 131 Å². The van der Waals surface area contributed by atoms with Gasteiger partial charge in [-0.25, -0.2) is 0 Å². The number of nitrogens with zero attached hydrogens (tertiary/aromatic N) is 2. The summed E-state index contributed by atoms with van der Waals surface area (Å²) in [5.74, 6) is 0.949. The fraction of sp³-hybridized carbons (Fsp3) is 0.263. The first-order chi connectivity index (χ1) is 10.7. The van der Waals surface area contributed by atoms with Crippen LogP contribution in [0.15, 0.2) is 60.8 Å². The molecule has 1 aromatic heterocycles. The summed E-state index contributed by atoms with van der Waals surface area (Å²) < 4.78 is 8.35. The standard InChI is InChI=1S/C19H22N2O/c1-20(2)13-14-21-12-11-17-9-6-10-18(19(17)21)22-15-16-7-4-3-5-8-16/h3-12H,13-15H2,1-2H3. The van der Waals surface area contributed by atoms with Gasteiger partial charge < -0.3 is 14.2 Å². The molecule has 2 aromatic carbocycles. The number of para-hydroxylation sites is 1. The highest BCUT2D eigenvalue weighted by molar-refractivity contribution is 5.86. The maximum absolute atomic E-state index is 6.08. The molecular weight excluding hydrogens is 272 g/mol. The number of rotatable bonds is 6. The highest BCUT2D eigenvalue weighted by Gasteiger charge is 2.08. The SMILES string of the molecule is CN(C)CCn1ccc2cccc(OCc3ccccc3)c21. The summed E-state index contributed by atoms with van der Waals surface area (Å²) in [5.41, 5.74) is 2.37. The summed E-state index contributed by atoms with van der Waals surface area (Å²) in [4.78, 5) is 2.19. The Morgan fingerprint density at radius 3 is 2.55 bits per heavy atom. The van der Waals surface area contributed by atoms with Crippen LogP contribution in [0.1, 0.15) is 5.56 Å². The van der Waals surface area contributed by atoms with Crippen molar-refractivity contribution in [3.8, 4) is 5.75 Å². The molecular formula is C19H22N2O. The molecule has 0 radical (unpaired) electrons. The van der Waals surface area contributed by atoms with Gasteiger partial charge in [0.1, 0.15) is 12.4 Å². The highest BCUT2D eigenvalue weighted by Crippen LogP contribution is 2.27. The van der Waals surface area contributed by atoms with Crippen LogP contribution in [0.25, 0.3) is 10.9 Å². The van der Waals surface area contributed by atoms with Gasteiger partial charge in [-0.1, -0.05) is 42.5 Å². The average molecular weight is 294 g/mol. The molecule has 0 aliphatic heterocycles. The lowest BCUT2D eigenvalue weighted by Crippen LogP contribution is -2.18. The van der Waals surface area contributed by atoms with Crippen molar-refractivity contribution in [2.24, 2.45) is 0 Å². The van der Waals surface area contributed by atoms with Gasteiger partial charge in [0, 0.05) is 24.7 Å². The van der Waals surface area contributed by atoms with Crippen molar-refractivity contribution < 1.29 is 4.74 Å². The summed E-state index contributed by atoms with van der Waals surface area (Å²) in [6.07, 6.45) is 2.14. The van der Waals surface area contributed by atoms with Crippen LogP contribution in [-0.2, 0) is 13.2 Å². The van der Waals surface area contributed by atoms with Crippen LogP contribution in [0, 0.1) is 0 Å². The molecule has 1 heterocycles. The van der Waals surface area contributed by atoms with Crippen molar-refractivity contribution in [3.05, 3.63) is 66.4 Å². The van der Waals surface area contributed by atoms with Crippen LogP contribution >= 0.6 is 0 Å². The molecule has 0 fully saturated rings. The first-order valence-corrected chi connectivity index (χ1v) is 7.63. The summed E-state index contributed by atoms with van der Waals surface area (Å²) in [6.45, 7) is 2.57. The quantitative estimate of drug-likeness (QED) is 0.688. The van der Waals surface area contributed by atoms with Crippen LogP contribution in [0.5, 0.6) is 5.75 Å². The van der Waals surface area contributed by atoms with Crippen LogP contribution in [0.2, 0.25) is 0 Å². The van der Waals surface area contributed by atoms with E-state index in [1.165, 1.54) is 16.5 Å². The fourth-order valence-corrected chi connectivity index (χ4v) is 2.57. The molecule has 0 aliphatic rings. The van der Waals surface area contributed by atoms with Gasteiger partial charge >= 0.3 is 0 Å². The molecule has 0 atom stereocenters. The monoisotopic (exact) mass is 294 g/mol. The van der Waals surface area contributed by atoms with Crippen LogP contribution in [-0.4, -0.2) is 30.1 Å². The normalized spacial score (nSPS) is 11.2. The van der Waals surface area contributed by atoms with Gasteiger partial charge in [-0.3, -0.25) is 0 Å². The van der Waals surface area contributed by atoms with Gasteiger partial charge in [-0.05, 0) is 31.8 Å². The second-order valence-corrected chi connectivity index (χ2v) is 5.78. The molecule has 3 aromatic rings. The predicted octanol–water partition coefficient (Wildman–Crippen LogP) is 3.78. The van der Waals surface area contributed by atoms with Gasteiger partial charge in [0.05, 0.1) is 5.52 Å². The van der Waals surface area contributed by atoms with Crippen molar-refractivity contribution in [1.82, 2.24) is 9.47 Å². The number of hydrogen-bond donors (Lipinski definition) is 0. The molecule has 0 unspecified atom stereocenters. The van der Waals surface area contributed by atoms with Gasteiger partial charge in [0.15, 0.2) is 0 Å². The van der Waals surface area contributed by atoms with Gasteiger partial charge in [0.25, 0.3) is 0 Å². The first-order valence-electron chi connectivity index (χ1n) is 7.63. The van der Waals surface area contributed by atoms with Crippen molar-refractivity contribution in [3.63, 3.8) is 0 Å². The van der Waals surface area contributed by atoms with E-state index in [2.05, 4.69) is 66.2 Å². The van der Waals surface area contributed by atoms with Crippen LogP contribution in [0.3, 0.4) is 0 Å². The van der Waals surface area contributed by atoms with Gasteiger partial charge in [-0.15, -0.1) is 0 Å². The van der Waals surface area contributed by atoms with Crippen molar-refractivity contribution in [1.29, 1.82) is 0 Å². The summed E-state index contributed by atoms with van der Waals surface area (Å²) in [5, 5.41) is 1.23. The lowest BCUT2D eigenvalue weighted by molar-refractivity contribution is 0.308. The maximum Gasteiger partial charge on any atom is 0.144 e. The second kappa shape index (κ2) is 6.67. The molecule has 3 rings (SSSR count). The zero-order chi connectivity index (χ0) is 15.4. The van der Waals surface area contributed by atoms with Crippen LogP contribution in [0.4, 0.5) is 0 Å². The summed E-state index contributed by atoms with van der Waals surface area (Å²) in [7, 11) is 4.19. The number of likely N-dealkylation sites (N-methyl/N-ethyl adjacent to an activating group) is 1. The lowest BCUT2D eigenvalue weighted by Gasteiger charge is -2.14. The van der Waals surface area contributed by atoms with E-state index in [1.54, 1.807) is 0 Å². The van der Waals surface area contributed by atoms with E-state index in [1.807, 2.05) is 18.2 Å². The number of fused-ring (bicyclic) bond motifs is 1. The molecule has 0 N–H and O–H groups in total. The third-order valence-electron chi connectivity index (χ3n) is 3.78. The predicted molar refractivity (Wildman–Crippen MR) is 91.3 cm³/mol. The Kier molecular flexibility index (Phi) is 4.45. The number of aromatic nitrogens is 1. The largest absolute Gasteiger partial charge is 0.487 e. The Balaban J connectivity index is 1.83. The second-order valence-electron chi connectivity index (χ2n) is 5.78. The minimum atomic E-state index is 0.596. The van der Waals surface area contributed by atoms with Crippen LogP contribution < -0.4 is 4.74 Å². The minimum Gasteiger partial charge on any atom is -0.487 e.